The number of alkyl halides is 3. The van der Waals surface area contributed by atoms with Gasteiger partial charge >= 0.3 is 6.18 Å². The molecule has 1 aromatic rings. The molecular weight excluding hydrogens is 223 g/mol. The number of para-hydroxylation sites is 2. The second-order valence-electron chi connectivity index (χ2n) is 2.86. The van der Waals surface area contributed by atoms with Crippen LogP contribution in [0, 0.1) is 0 Å². The number of hydrogen-bond donors (Lipinski definition) is 2. The van der Waals surface area contributed by atoms with Crippen molar-refractivity contribution in [3.63, 3.8) is 0 Å². The lowest BCUT2D eigenvalue weighted by Gasteiger charge is -2.03. The number of halogens is 3. The van der Waals surface area contributed by atoms with Crippen molar-refractivity contribution in [1.29, 1.82) is 0 Å². The molecule has 0 aliphatic heterocycles. The van der Waals surface area contributed by atoms with Crippen LogP contribution in [0.5, 0.6) is 5.75 Å². The van der Waals surface area contributed by atoms with Crippen molar-refractivity contribution < 1.29 is 23.1 Å². The van der Waals surface area contributed by atoms with Crippen LogP contribution in [0.2, 0.25) is 0 Å². The van der Waals surface area contributed by atoms with E-state index in [0.29, 0.717) is 6.08 Å². The Morgan fingerprint density at radius 1 is 1.31 bits per heavy atom. The maximum absolute atomic E-state index is 11.8. The number of hydrogen-bond acceptors (Lipinski definition) is 3. The molecule has 3 nitrogen and oxygen atoms in total. The fourth-order valence-corrected chi connectivity index (χ4v) is 0.897. The molecule has 0 bridgehead atoms. The molecule has 86 valence electrons. The van der Waals surface area contributed by atoms with Crippen LogP contribution >= 0.6 is 0 Å². The highest BCUT2D eigenvalue weighted by Gasteiger charge is 2.35. The first-order chi connectivity index (χ1) is 7.41. The average molecular weight is 231 g/mol. The number of anilines is 1. The Balaban J connectivity index is 2.62. The summed E-state index contributed by atoms with van der Waals surface area (Å²) in [5, 5.41) is 11.6. The Labute approximate surface area is 89.2 Å². The molecule has 0 aliphatic carbocycles. The maximum Gasteiger partial charge on any atom is 0.454 e. The lowest BCUT2D eigenvalue weighted by Crippen LogP contribution is -2.20. The highest BCUT2D eigenvalue weighted by Crippen LogP contribution is 2.21. The molecular formula is C10H8F3NO2. The minimum absolute atomic E-state index is 0.119. The molecule has 0 aromatic heterocycles. The zero-order valence-corrected chi connectivity index (χ0v) is 7.95. The first-order valence-electron chi connectivity index (χ1n) is 4.23. The Morgan fingerprint density at radius 2 is 1.94 bits per heavy atom. The van der Waals surface area contributed by atoms with Crippen LogP contribution in [0.3, 0.4) is 0 Å². The Hall–Kier alpha value is -1.98. The Bertz CT molecular complexity index is 413. The molecule has 0 amide bonds. The second kappa shape index (κ2) is 4.69. The van der Waals surface area contributed by atoms with Gasteiger partial charge in [-0.15, -0.1) is 0 Å². The molecule has 0 fully saturated rings. The zero-order chi connectivity index (χ0) is 12.2. The molecule has 0 unspecified atom stereocenters. The summed E-state index contributed by atoms with van der Waals surface area (Å²) in [4.78, 5) is 10.4. The molecule has 0 aliphatic rings. The number of phenolic OH excluding ortho intramolecular Hbond substituents is 1. The molecule has 0 spiro atoms. The number of nitrogens with one attached hydrogen (secondary N) is 1. The summed E-state index contributed by atoms with van der Waals surface area (Å²) in [6.07, 6.45) is -3.70. The number of carbonyl (C=O) groups is 1. The normalized spacial score (nSPS) is 11.7. The highest BCUT2D eigenvalue weighted by molar-refractivity contribution is 5.94. The van der Waals surface area contributed by atoms with Gasteiger partial charge in [0.2, 0.25) is 0 Å². The minimum atomic E-state index is -4.88. The number of allylic oxidation sites excluding steroid dienone is 1. The van der Waals surface area contributed by atoms with Crippen LogP contribution in [0.15, 0.2) is 36.5 Å². The van der Waals surface area contributed by atoms with Gasteiger partial charge in [0.15, 0.2) is 0 Å². The van der Waals surface area contributed by atoms with Gasteiger partial charge < -0.3 is 10.4 Å². The first-order valence-corrected chi connectivity index (χ1v) is 4.23. The summed E-state index contributed by atoms with van der Waals surface area (Å²) in [6, 6.07) is 5.96. The molecule has 0 saturated carbocycles. The molecule has 0 atom stereocenters. The largest absolute Gasteiger partial charge is 0.506 e. The third kappa shape index (κ3) is 3.30. The van der Waals surface area contributed by atoms with Crippen LogP contribution in [0.4, 0.5) is 18.9 Å². The summed E-state index contributed by atoms with van der Waals surface area (Å²) in [7, 11) is 0. The second-order valence-corrected chi connectivity index (χ2v) is 2.86. The van der Waals surface area contributed by atoms with Gasteiger partial charge in [-0.2, -0.15) is 13.2 Å². The lowest BCUT2D eigenvalue weighted by molar-refractivity contribution is -0.165. The summed E-state index contributed by atoms with van der Waals surface area (Å²) in [6.45, 7) is 0. The Kier molecular flexibility index (Phi) is 3.55. The van der Waals surface area contributed by atoms with E-state index < -0.39 is 12.0 Å². The smallest absolute Gasteiger partial charge is 0.454 e. The van der Waals surface area contributed by atoms with Crippen molar-refractivity contribution in [3.8, 4) is 5.75 Å². The lowest BCUT2D eigenvalue weighted by atomic mass is 10.3. The highest BCUT2D eigenvalue weighted by atomic mass is 19.4. The van der Waals surface area contributed by atoms with Gasteiger partial charge in [0.05, 0.1) is 5.69 Å². The molecule has 2 N–H and O–H groups in total. The van der Waals surface area contributed by atoms with Crippen molar-refractivity contribution in [2.24, 2.45) is 0 Å². The predicted octanol–water partition coefficient (Wildman–Crippen LogP) is 2.45. The van der Waals surface area contributed by atoms with E-state index in [4.69, 9.17) is 0 Å². The minimum Gasteiger partial charge on any atom is -0.506 e. The van der Waals surface area contributed by atoms with Crippen LogP contribution in [-0.2, 0) is 4.79 Å². The standard InChI is InChI=1S/C10H8F3NO2/c11-10(12,13)9(16)5-6-14-7-3-1-2-4-8(7)15/h1-6,14-15H/b6-5-. The van der Waals surface area contributed by atoms with Gasteiger partial charge in [0.25, 0.3) is 5.78 Å². The van der Waals surface area contributed by atoms with E-state index in [1.165, 1.54) is 12.1 Å². The van der Waals surface area contributed by atoms with E-state index in [9.17, 15) is 23.1 Å². The van der Waals surface area contributed by atoms with Crippen LogP contribution < -0.4 is 5.32 Å². The van der Waals surface area contributed by atoms with Gasteiger partial charge in [0, 0.05) is 12.3 Å². The van der Waals surface area contributed by atoms with Crippen LogP contribution in [0.25, 0.3) is 0 Å². The monoisotopic (exact) mass is 231 g/mol. The van der Waals surface area contributed by atoms with Gasteiger partial charge in [-0.05, 0) is 12.1 Å². The molecule has 0 radical (unpaired) electrons. The molecule has 6 heteroatoms. The van der Waals surface area contributed by atoms with Gasteiger partial charge in [-0.1, -0.05) is 12.1 Å². The van der Waals surface area contributed by atoms with Crippen LogP contribution in [-0.4, -0.2) is 17.1 Å². The third-order valence-electron chi connectivity index (χ3n) is 1.66. The number of phenols is 1. The van der Waals surface area contributed by atoms with E-state index in [-0.39, 0.29) is 11.4 Å². The maximum atomic E-state index is 11.8. The van der Waals surface area contributed by atoms with Crippen molar-refractivity contribution in [2.75, 3.05) is 5.32 Å². The zero-order valence-electron chi connectivity index (χ0n) is 7.95. The average Bonchev–Trinajstić information content (AvgIpc) is 2.19. The third-order valence-corrected chi connectivity index (χ3v) is 1.66. The van der Waals surface area contributed by atoms with Gasteiger partial charge in [-0.3, -0.25) is 4.79 Å². The van der Waals surface area contributed by atoms with Crippen molar-refractivity contribution >= 4 is 11.5 Å². The topological polar surface area (TPSA) is 49.3 Å². The number of aromatic hydroxyl groups is 1. The van der Waals surface area contributed by atoms with E-state index in [1.54, 1.807) is 12.1 Å². The number of rotatable bonds is 3. The molecule has 1 rings (SSSR count). The molecule has 1 aromatic carbocycles. The van der Waals surface area contributed by atoms with Gasteiger partial charge in [-0.25, -0.2) is 0 Å². The fraction of sp³-hybridized carbons (Fsp3) is 0.100. The van der Waals surface area contributed by atoms with Crippen molar-refractivity contribution in [3.05, 3.63) is 36.5 Å². The van der Waals surface area contributed by atoms with Crippen LogP contribution in [0.1, 0.15) is 0 Å². The number of benzene rings is 1. The summed E-state index contributed by atoms with van der Waals surface area (Å²) in [5.74, 6) is -2.08. The number of ketones is 1. The summed E-state index contributed by atoms with van der Waals surface area (Å²) < 4.78 is 35.3. The van der Waals surface area contributed by atoms with Gasteiger partial charge in [0.1, 0.15) is 5.75 Å². The van der Waals surface area contributed by atoms with E-state index >= 15 is 0 Å². The van der Waals surface area contributed by atoms with E-state index in [0.717, 1.165) is 6.20 Å². The molecule has 0 heterocycles. The summed E-state index contributed by atoms with van der Waals surface area (Å²) >= 11 is 0. The fourth-order valence-electron chi connectivity index (χ4n) is 0.897. The first kappa shape index (κ1) is 12.1. The predicted molar refractivity (Wildman–Crippen MR) is 51.9 cm³/mol. The quantitative estimate of drug-likeness (QED) is 0.620. The number of carbonyl (C=O) groups excluding carboxylic acids is 1. The Morgan fingerprint density at radius 3 is 2.50 bits per heavy atom. The van der Waals surface area contributed by atoms with Crippen molar-refractivity contribution in [2.45, 2.75) is 6.18 Å². The molecule has 16 heavy (non-hydrogen) atoms. The van der Waals surface area contributed by atoms with E-state index in [1.807, 2.05) is 0 Å². The van der Waals surface area contributed by atoms with Crippen molar-refractivity contribution in [1.82, 2.24) is 0 Å². The van der Waals surface area contributed by atoms with E-state index in [2.05, 4.69) is 5.32 Å². The summed E-state index contributed by atoms with van der Waals surface area (Å²) in [5.41, 5.74) is 0.216. The SMILES string of the molecule is O=C(/C=C\Nc1ccccc1O)C(F)(F)F. The molecule has 0 saturated heterocycles.